The molecule has 1 N–H and O–H groups in total. The fraction of sp³-hybridized carbons (Fsp3) is 0.286. The largest absolute Gasteiger partial charge is 0.493 e. The molecule has 204 valence electrons. The minimum atomic E-state index is -1.07. The minimum absolute atomic E-state index is 0.172. The highest BCUT2D eigenvalue weighted by Gasteiger charge is 2.34. The highest BCUT2D eigenvalue weighted by atomic mass is 32.1. The summed E-state index contributed by atoms with van der Waals surface area (Å²) in [4.78, 5) is 42.6. The smallest absolute Gasteiger partial charge is 0.341 e. The number of carboxylic acid groups (broad SMARTS) is 1. The zero-order chi connectivity index (χ0) is 28.1. The zero-order valence-electron chi connectivity index (χ0n) is 21.9. The first-order chi connectivity index (χ1) is 18.8. The van der Waals surface area contributed by atoms with E-state index in [0.717, 1.165) is 0 Å². The Morgan fingerprint density at radius 2 is 1.82 bits per heavy atom. The minimum Gasteiger partial charge on any atom is -0.493 e. The van der Waals surface area contributed by atoms with Gasteiger partial charge in [0.2, 0.25) is 0 Å². The first kappa shape index (κ1) is 27.6. The number of fused-ring (bicyclic) bond motifs is 1. The number of carbonyl (C=O) groups is 2. The summed E-state index contributed by atoms with van der Waals surface area (Å²) in [5, 5.41) is 8.79. The molecule has 1 atom stereocenters. The summed E-state index contributed by atoms with van der Waals surface area (Å²) in [5.41, 5.74) is 1.76. The van der Waals surface area contributed by atoms with Gasteiger partial charge >= 0.3 is 11.9 Å². The number of hydrogen-bond acceptors (Lipinski definition) is 9. The van der Waals surface area contributed by atoms with Gasteiger partial charge in [-0.05, 0) is 62.2 Å². The van der Waals surface area contributed by atoms with Gasteiger partial charge in [-0.25, -0.2) is 14.6 Å². The van der Waals surface area contributed by atoms with Gasteiger partial charge in [0.25, 0.3) is 5.56 Å². The molecule has 4 rings (SSSR count). The van der Waals surface area contributed by atoms with Gasteiger partial charge in [-0.1, -0.05) is 29.5 Å². The fourth-order valence-electron chi connectivity index (χ4n) is 4.20. The van der Waals surface area contributed by atoms with E-state index in [4.69, 9.17) is 24.1 Å². The van der Waals surface area contributed by atoms with E-state index < -0.39 is 24.6 Å². The summed E-state index contributed by atoms with van der Waals surface area (Å²) >= 11 is 1.20. The predicted octanol–water partition coefficient (Wildman–Crippen LogP) is 2.67. The van der Waals surface area contributed by atoms with Crippen LogP contribution in [0.25, 0.3) is 6.08 Å². The van der Waals surface area contributed by atoms with E-state index in [-0.39, 0.29) is 17.7 Å². The van der Waals surface area contributed by atoms with E-state index in [1.54, 1.807) is 69.5 Å². The number of thiazole rings is 1. The van der Waals surface area contributed by atoms with Gasteiger partial charge in [-0.3, -0.25) is 9.36 Å². The molecule has 0 saturated carbocycles. The van der Waals surface area contributed by atoms with Gasteiger partial charge in [-0.15, -0.1) is 0 Å². The number of hydrogen-bond donors (Lipinski definition) is 1. The zero-order valence-corrected chi connectivity index (χ0v) is 22.7. The van der Waals surface area contributed by atoms with Crippen molar-refractivity contribution in [1.82, 2.24) is 4.57 Å². The number of rotatable bonds is 10. The van der Waals surface area contributed by atoms with Crippen LogP contribution in [-0.4, -0.2) is 48.5 Å². The van der Waals surface area contributed by atoms with Crippen LogP contribution in [0.5, 0.6) is 17.2 Å². The van der Waals surface area contributed by atoms with E-state index in [2.05, 4.69) is 4.99 Å². The Morgan fingerprint density at radius 3 is 2.46 bits per heavy atom. The average molecular weight is 553 g/mol. The first-order valence-electron chi connectivity index (χ1n) is 12.2. The number of esters is 1. The molecule has 0 radical (unpaired) electrons. The monoisotopic (exact) mass is 552 g/mol. The number of allylic oxidation sites excluding steroid dienone is 1. The van der Waals surface area contributed by atoms with Crippen molar-refractivity contribution >= 4 is 29.4 Å². The molecule has 0 bridgehead atoms. The second kappa shape index (κ2) is 12.0. The topological polar surface area (TPSA) is 126 Å². The average Bonchev–Trinajstić information content (AvgIpc) is 3.21. The number of carbonyl (C=O) groups excluding carboxylic acids is 1. The van der Waals surface area contributed by atoms with Crippen LogP contribution < -0.4 is 29.1 Å². The van der Waals surface area contributed by atoms with Crippen LogP contribution in [0.1, 0.15) is 37.9 Å². The van der Waals surface area contributed by atoms with Crippen molar-refractivity contribution in [3.05, 3.63) is 84.5 Å². The van der Waals surface area contributed by atoms with Crippen molar-refractivity contribution in [3.8, 4) is 17.2 Å². The number of aliphatic carboxylic acids is 1. The van der Waals surface area contributed by atoms with Crippen LogP contribution in [0.4, 0.5) is 0 Å². The molecular weight excluding hydrogens is 524 g/mol. The third-order valence-electron chi connectivity index (χ3n) is 5.86. The number of aromatic nitrogens is 1. The van der Waals surface area contributed by atoms with Crippen molar-refractivity contribution in [2.75, 3.05) is 26.9 Å². The second-order valence-corrected chi connectivity index (χ2v) is 9.41. The van der Waals surface area contributed by atoms with E-state index in [1.807, 2.05) is 6.92 Å². The van der Waals surface area contributed by atoms with Gasteiger partial charge < -0.3 is 24.1 Å². The number of ether oxygens (including phenoxy) is 4. The number of benzene rings is 2. The third-order valence-corrected chi connectivity index (χ3v) is 6.84. The van der Waals surface area contributed by atoms with Gasteiger partial charge in [0.15, 0.2) is 22.9 Å². The van der Waals surface area contributed by atoms with E-state index in [9.17, 15) is 14.4 Å². The quantitative estimate of drug-likeness (QED) is 0.381. The number of carboxylic acids is 1. The highest BCUT2D eigenvalue weighted by Crippen LogP contribution is 2.36. The third kappa shape index (κ3) is 5.88. The van der Waals surface area contributed by atoms with Crippen molar-refractivity contribution < 1.29 is 33.6 Å². The summed E-state index contributed by atoms with van der Waals surface area (Å²) in [6.45, 7) is 5.42. The lowest BCUT2D eigenvalue weighted by molar-refractivity contribution is -0.140. The summed E-state index contributed by atoms with van der Waals surface area (Å²) in [5.74, 6) is -0.207. The molecule has 10 nitrogen and oxygen atoms in total. The maximum Gasteiger partial charge on any atom is 0.341 e. The summed E-state index contributed by atoms with van der Waals surface area (Å²) in [6.07, 6.45) is 1.71. The summed E-state index contributed by atoms with van der Waals surface area (Å²) < 4.78 is 23.6. The van der Waals surface area contributed by atoms with Crippen LogP contribution in [0, 0.1) is 0 Å². The normalized spacial score (nSPS) is 14.9. The molecule has 3 aromatic rings. The van der Waals surface area contributed by atoms with Gasteiger partial charge in [-0.2, -0.15) is 0 Å². The lowest BCUT2D eigenvalue weighted by Crippen LogP contribution is -2.40. The Bertz CT molecular complexity index is 1600. The Balaban J connectivity index is 1.85. The van der Waals surface area contributed by atoms with E-state index in [0.29, 0.717) is 50.0 Å². The Hall–Kier alpha value is -4.38. The molecule has 0 amide bonds. The van der Waals surface area contributed by atoms with Crippen molar-refractivity contribution in [1.29, 1.82) is 0 Å². The maximum absolute atomic E-state index is 13.8. The molecule has 39 heavy (non-hydrogen) atoms. The van der Waals surface area contributed by atoms with Crippen LogP contribution >= 0.6 is 11.3 Å². The molecule has 11 heteroatoms. The second-order valence-electron chi connectivity index (χ2n) is 8.40. The summed E-state index contributed by atoms with van der Waals surface area (Å²) in [7, 11) is 1.54. The molecule has 1 aliphatic heterocycles. The molecule has 0 saturated heterocycles. The fourth-order valence-corrected chi connectivity index (χ4v) is 5.24. The molecule has 1 aromatic heterocycles. The molecular formula is C28H28N2O8S. The van der Waals surface area contributed by atoms with Crippen molar-refractivity contribution in [3.63, 3.8) is 0 Å². The SMILES string of the molecule is CCOC(=O)C1=C(C)N=c2s/c(=C\c3ccc(OCC(=O)O)cc3)c(=O)n2[C@H]1c1ccc(OC)c(OCC)c1. The van der Waals surface area contributed by atoms with Crippen molar-refractivity contribution in [2.24, 2.45) is 4.99 Å². The standard InChI is InChI=1S/C28H28N2O8S/c1-5-36-21-14-18(9-12-20(21)35-4)25-24(27(34)37-6-2)16(3)29-28-30(25)26(33)22(39-28)13-17-7-10-19(11-8-17)38-15-23(31)32/h7-14,25H,5-6,15H2,1-4H3,(H,31,32)/b22-13-/t25-/m0/s1. The van der Waals surface area contributed by atoms with Crippen LogP contribution in [0.2, 0.25) is 0 Å². The number of nitrogens with zero attached hydrogens (tertiary/aromatic N) is 2. The molecule has 0 fully saturated rings. The maximum atomic E-state index is 13.8. The molecule has 1 aliphatic rings. The van der Waals surface area contributed by atoms with Crippen LogP contribution in [0.3, 0.4) is 0 Å². The number of methoxy groups -OCH3 is 1. The van der Waals surface area contributed by atoms with Gasteiger partial charge in [0.05, 0.1) is 42.2 Å². The lowest BCUT2D eigenvalue weighted by atomic mass is 9.95. The summed E-state index contributed by atoms with van der Waals surface area (Å²) in [6, 6.07) is 11.2. The molecule has 0 unspecified atom stereocenters. The predicted molar refractivity (Wildman–Crippen MR) is 144 cm³/mol. The van der Waals surface area contributed by atoms with Gasteiger partial charge in [0, 0.05) is 0 Å². The molecule has 2 heterocycles. The van der Waals surface area contributed by atoms with Crippen LogP contribution in [0.15, 0.2) is 63.5 Å². The van der Waals surface area contributed by atoms with E-state index >= 15 is 0 Å². The molecule has 0 spiro atoms. The Morgan fingerprint density at radius 1 is 1.08 bits per heavy atom. The van der Waals surface area contributed by atoms with Crippen molar-refractivity contribution in [2.45, 2.75) is 26.8 Å². The lowest BCUT2D eigenvalue weighted by Gasteiger charge is -2.25. The Kier molecular flexibility index (Phi) is 8.50. The molecule has 2 aromatic carbocycles. The Labute approximate surface area is 228 Å². The van der Waals surface area contributed by atoms with Crippen LogP contribution in [-0.2, 0) is 14.3 Å². The van der Waals surface area contributed by atoms with E-state index in [1.165, 1.54) is 15.9 Å². The molecule has 0 aliphatic carbocycles. The highest BCUT2D eigenvalue weighted by molar-refractivity contribution is 7.07. The van der Waals surface area contributed by atoms with Gasteiger partial charge in [0.1, 0.15) is 5.75 Å². The first-order valence-corrected chi connectivity index (χ1v) is 13.0.